The Bertz CT molecular complexity index is 387. The first-order valence-electron chi connectivity index (χ1n) is 4.22. The van der Waals surface area contributed by atoms with Gasteiger partial charge < -0.3 is 9.47 Å². The van der Waals surface area contributed by atoms with E-state index in [1.54, 1.807) is 0 Å². The molecule has 0 bridgehead atoms. The van der Waals surface area contributed by atoms with Gasteiger partial charge in [0.2, 0.25) is 0 Å². The molecule has 0 radical (unpaired) electrons. The number of benzene rings is 1. The minimum Gasteiger partial charge on any atom is -0.466 e. The molecule has 0 saturated carbocycles. The van der Waals surface area contributed by atoms with E-state index >= 15 is 0 Å². The minimum atomic E-state index is -0.442. The molecule has 0 atom stereocenters. The average molecular weight is 196 g/mol. The third kappa shape index (κ3) is 1.48. The lowest BCUT2D eigenvalue weighted by Gasteiger charge is -2.19. The quantitative estimate of drug-likeness (QED) is 0.643. The zero-order valence-electron chi connectivity index (χ0n) is 7.67. The van der Waals surface area contributed by atoms with Crippen LogP contribution in [0.25, 0.3) is 0 Å². The van der Waals surface area contributed by atoms with Crippen LogP contribution in [0.15, 0.2) is 12.1 Å². The molecule has 0 aliphatic carbocycles. The van der Waals surface area contributed by atoms with Crippen LogP contribution >= 0.6 is 0 Å². The maximum atomic E-state index is 13.1. The van der Waals surface area contributed by atoms with E-state index in [4.69, 9.17) is 9.47 Å². The maximum absolute atomic E-state index is 13.1. The van der Waals surface area contributed by atoms with Gasteiger partial charge in [0.25, 0.3) is 0 Å². The van der Waals surface area contributed by atoms with Crippen molar-refractivity contribution in [1.82, 2.24) is 0 Å². The van der Waals surface area contributed by atoms with Crippen molar-refractivity contribution in [1.29, 1.82) is 0 Å². The van der Waals surface area contributed by atoms with Gasteiger partial charge in [-0.2, -0.15) is 0 Å². The highest BCUT2D eigenvalue weighted by Gasteiger charge is 2.18. The second-order valence-corrected chi connectivity index (χ2v) is 3.11. The molecule has 0 spiro atoms. The van der Waals surface area contributed by atoms with Gasteiger partial charge in [0.05, 0.1) is 12.2 Å². The Balaban J connectivity index is 2.58. The van der Waals surface area contributed by atoms with Gasteiger partial charge in [0.1, 0.15) is 11.6 Å². The van der Waals surface area contributed by atoms with Crippen molar-refractivity contribution < 1.29 is 18.7 Å². The Kier molecular flexibility index (Phi) is 2.21. The van der Waals surface area contributed by atoms with Crippen molar-refractivity contribution in [3.05, 3.63) is 29.1 Å². The predicted octanol–water partition coefficient (Wildman–Crippen LogP) is 1.89. The minimum absolute atomic E-state index is 0.110. The van der Waals surface area contributed by atoms with Crippen molar-refractivity contribution in [2.75, 3.05) is 6.79 Å². The molecule has 1 aliphatic heterocycles. The van der Waals surface area contributed by atoms with Crippen LogP contribution in [0.2, 0.25) is 0 Å². The van der Waals surface area contributed by atoms with Crippen molar-refractivity contribution in [2.24, 2.45) is 0 Å². The third-order valence-corrected chi connectivity index (χ3v) is 2.05. The Morgan fingerprint density at radius 2 is 2.29 bits per heavy atom. The second-order valence-electron chi connectivity index (χ2n) is 3.11. The Hall–Kier alpha value is -1.42. The highest BCUT2D eigenvalue weighted by atomic mass is 19.1. The molecular formula is C10H9FO3. The molecule has 0 unspecified atom stereocenters. The van der Waals surface area contributed by atoms with Crippen LogP contribution in [0.5, 0.6) is 5.75 Å². The zero-order chi connectivity index (χ0) is 10.1. The number of halogens is 1. The van der Waals surface area contributed by atoms with E-state index in [9.17, 15) is 9.18 Å². The standard InChI is InChI=1S/C10H9FO3/c1-6(12)9-3-8(11)2-7-4-13-5-14-10(7)9/h2-3H,4-5H2,1H3. The van der Waals surface area contributed by atoms with Crippen molar-refractivity contribution in [3.8, 4) is 5.75 Å². The van der Waals surface area contributed by atoms with Gasteiger partial charge in [0, 0.05) is 5.56 Å². The second kappa shape index (κ2) is 3.38. The van der Waals surface area contributed by atoms with E-state index in [0.29, 0.717) is 11.3 Å². The van der Waals surface area contributed by atoms with E-state index < -0.39 is 5.82 Å². The molecule has 0 N–H and O–H groups in total. The molecular weight excluding hydrogens is 187 g/mol. The Labute approximate surface area is 80.4 Å². The molecule has 1 aromatic carbocycles. The van der Waals surface area contributed by atoms with E-state index in [-0.39, 0.29) is 24.7 Å². The molecule has 2 rings (SSSR count). The molecule has 14 heavy (non-hydrogen) atoms. The Morgan fingerprint density at radius 1 is 1.50 bits per heavy atom. The smallest absolute Gasteiger partial charge is 0.189 e. The molecule has 0 saturated heterocycles. The first-order valence-corrected chi connectivity index (χ1v) is 4.22. The van der Waals surface area contributed by atoms with E-state index in [0.717, 1.165) is 0 Å². The fraction of sp³-hybridized carbons (Fsp3) is 0.300. The summed E-state index contributed by atoms with van der Waals surface area (Å²) in [5, 5.41) is 0. The zero-order valence-corrected chi connectivity index (χ0v) is 7.67. The van der Waals surface area contributed by atoms with Crippen LogP contribution in [0.3, 0.4) is 0 Å². The molecule has 74 valence electrons. The summed E-state index contributed by atoms with van der Waals surface area (Å²) in [6.45, 7) is 1.78. The highest BCUT2D eigenvalue weighted by Crippen LogP contribution is 2.29. The number of carbonyl (C=O) groups excluding carboxylic acids is 1. The van der Waals surface area contributed by atoms with Gasteiger partial charge in [-0.3, -0.25) is 4.79 Å². The largest absolute Gasteiger partial charge is 0.466 e. The van der Waals surface area contributed by atoms with Crippen LogP contribution in [0, 0.1) is 5.82 Å². The molecule has 0 amide bonds. The molecule has 1 aromatic rings. The van der Waals surface area contributed by atoms with Crippen molar-refractivity contribution in [3.63, 3.8) is 0 Å². The van der Waals surface area contributed by atoms with Crippen molar-refractivity contribution >= 4 is 5.78 Å². The number of ketones is 1. The third-order valence-electron chi connectivity index (χ3n) is 2.05. The molecule has 3 nitrogen and oxygen atoms in total. The van der Waals surface area contributed by atoms with E-state index in [2.05, 4.69) is 0 Å². The molecule has 0 fully saturated rings. The summed E-state index contributed by atoms with van der Waals surface area (Å²) in [6, 6.07) is 2.51. The van der Waals surface area contributed by atoms with Gasteiger partial charge >= 0.3 is 0 Å². The highest BCUT2D eigenvalue weighted by molar-refractivity contribution is 5.97. The lowest BCUT2D eigenvalue weighted by atomic mass is 10.1. The number of carbonyl (C=O) groups is 1. The summed E-state index contributed by atoms with van der Waals surface area (Å²) >= 11 is 0. The maximum Gasteiger partial charge on any atom is 0.189 e. The Morgan fingerprint density at radius 3 is 3.00 bits per heavy atom. The normalized spacial score (nSPS) is 14.4. The molecule has 0 aromatic heterocycles. The topological polar surface area (TPSA) is 35.5 Å². The SMILES string of the molecule is CC(=O)c1cc(F)cc2c1OCOC2. The number of rotatable bonds is 1. The summed E-state index contributed by atoms with van der Waals surface area (Å²) in [5.74, 6) is -0.198. The van der Waals surface area contributed by atoms with Crippen LogP contribution < -0.4 is 4.74 Å². The average Bonchev–Trinajstić information content (AvgIpc) is 2.16. The molecule has 4 heteroatoms. The van der Waals surface area contributed by atoms with Gasteiger partial charge in [-0.1, -0.05) is 0 Å². The lowest BCUT2D eigenvalue weighted by molar-refractivity contribution is -0.0170. The number of hydrogen-bond acceptors (Lipinski definition) is 3. The predicted molar refractivity (Wildman–Crippen MR) is 46.7 cm³/mol. The molecule has 1 heterocycles. The molecule has 1 aliphatic rings. The fourth-order valence-corrected chi connectivity index (χ4v) is 1.44. The summed E-state index contributed by atoms with van der Waals surface area (Å²) < 4.78 is 23.2. The summed E-state index contributed by atoms with van der Waals surface area (Å²) in [6.07, 6.45) is 0. The van der Waals surface area contributed by atoms with Crippen LogP contribution in [-0.2, 0) is 11.3 Å². The summed E-state index contributed by atoms with van der Waals surface area (Å²) in [5.41, 5.74) is 0.866. The van der Waals surface area contributed by atoms with Crippen LogP contribution in [0.1, 0.15) is 22.8 Å². The monoisotopic (exact) mass is 196 g/mol. The number of fused-ring (bicyclic) bond motifs is 1. The van der Waals surface area contributed by atoms with Crippen molar-refractivity contribution in [2.45, 2.75) is 13.5 Å². The summed E-state index contributed by atoms with van der Waals surface area (Å²) in [7, 11) is 0. The first-order chi connectivity index (χ1) is 6.68. The number of hydrogen-bond donors (Lipinski definition) is 0. The summed E-state index contributed by atoms with van der Waals surface area (Å²) in [4.78, 5) is 11.2. The van der Waals surface area contributed by atoms with Crippen LogP contribution in [-0.4, -0.2) is 12.6 Å². The van der Waals surface area contributed by atoms with E-state index in [1.165, 1.54) is 19.1 Å². The van der Waals surface area contributed by atoms with Crippen LogP contribution in [0.4, 0.5) is 4.39 Å². The fourth-order valence-electron chi connectivity index (χ4n) is 1.44. The first kappa shape index (κ1) is 9.15. The van der Waals surface area contributed by atoms with Gasteiger partial charge in [0.15, 0.2) is 12.6 Å². The van der Waals surface area contributed by atoms with Gasteiger partial charge in [-0.25, -0.2) is 4.39 Å². The lowest BCUT2D eigenvalue weighted by Crippen LogP contribution is -2.14. The number of Topliss-reactive ketones (excluding diaryl/α,β-unsaturated/α-hetero) is 1. The van der Waals surface area contributed by atoms with E-state index in [1.807, 2.05) is 0 Å². The number of ether oxygens (including phenoxy) is 2. The van der Waals surface area contributed by atoms with Gasteiger partial charge in [-0.15, -0.1) is 0 Å². The van der Waals surface area contributed by atoms with Gasteiger partial charge in [-0.05, 0) is 19.1 Å².